The number of nitrogens with one attached hydrogen (secondary N) is 1. The molecule has 1 aromatic rings. The van der Waals surface area contributed by atoms with Crippen LogP contribution in [0.2, 0.25) is 0 Å². The highest BCUT2D eigenvalue weighted by Crippen LogP contribution is 2.12. The molecule has 0 saturated carbocycles. The maximum atomic E-state index is 9.89. The molecule has 2 atom stereocenters. The van der Waals surface area contributed by atoms with Gasteiger partial charge in [0.25, 0.3) is 0 Å². The molecule has 1 rings (SSSR count). The van der Waals surface area contributed by atoms with Crippen LogP contribution in [0.1, 0.15) is 37.8 Å². The highest BCUT2D eigenvalue weighted by Gasteiger charge is 2.12. The van der Waals surface area contributed by atoms with Gasteiger partial charge in [0.05, 0.1) is 30.5 Å². The van der Waals surface area contributed by atoms with Crippen LogP contribution >= 0.6 is 11.3 Å². The molecule has 0 saturated heterocycles. The van der Waals surface area contributed by atoms with Gasteiger partial charge in [-0.3, -0.25) is 0 Å². The first-order valence-corrected chi connectivity index (χ1v) is 8.30. The van der Waals surface area contributed by atoms with Gasteiger partial charge in [0, 0.05) is 23.9 Å². The number of thiazole rings is 1. The van der Waals surface area contributed by atoms with Crippen LogP contribution < -0.4 is 5.32 Å². The lowest BCUT2D eigenvalue weighted by Gasteiger charge is -2.22. The number of aliphatic hydroxyl groups is 1. The van der Waals surface area contributed by atoms with Gasteiger partial charge in [-0.2, -0.15) is 0 Å². The summed E-state index contributed by atoms with van der Waals surface area (Å²) in [6.45, 7) is 10.2. The van der Waals surface area contributed by atoms with Gasteiger partial charge in [0.15, 0.2) is 0 Å². The van der Waals surface area contributed by atoms with Crippen molar-refractivity contribution in [3.05, 3.63) is 16.1 Å². The molecular weight excluding hydrogens is 272 g/mol. The van der Waals surface area contributed by atoms with Crippen molar-refractivity contribution >= 4 is 11.3 Å². The molecule has 0 fully saturated rings. The molecule has 0 aromatic carbocycles. The van der Waals surface area contributed by atoms with Crippen molar-refractivity contribution < 1.29 is 9.84 Å². The van der Waals surface area contributed by atoms with E-state index in [1.165, 1.54) is 4.88 Å². The van der Waals surface area contributed by atoms with Crippen molar-refractivity contribution in [1.29, 1.82) is 0 Å². The van der Waals surface area contributed by atoms with Crippen LogP contribution in [0, 0.1) is 12.8 Å². The molecule has 116 valence electrons. The van der Waals surface area contributed by atoms with Gasteiger partial charge in [0.2, 0.25) is 0 Å². The Labute approximate surface area is 126 Å². The predicted molar refractivity (Wildman–Crippen MR) is 84.3 cm³/mol. The maximum Gasteiger partial charge on any atom is 0.0897 e. The summed E-state index contributed by atoms with van der Waals surface area (Å²) in [7, 11) is 0. The standard InChI is InChI=1S/C15H28N2O2S/c1-5-14(11(2)3)16-8-13(18)9-19-7-6-15-12(4)17-10-20-15/h10-11,13-14,16,18H,5-9H2,1-4H3. The van der Waals surface area contributed by atoms with E-state index in [9.17, 15) is 5.11 Å². The third-order valence-corrected chi connectivity index (χ3v) is 4.48. The highest BCUT2D eigenvalue weighted by atomic mass is 32.1. The fraction of sp³-hybridized carbons (Fsp3) is 0.800. The van der Waals surface area contributed by atoms with Crippen LogP contribution in [0.5, 0.6) is 0 Å². The Morgan fingerprint density at radius 2 is 2.20 bits per heavy atom. The SMILES string of the molecule is CCC(NCC(O)COCCc1scnc1C)C(C)C. The van der Waals surface area contributed by atoms with Gasteiger partial charge in [-0.25, -0.2) is 4.98 Å². The zero-order valence-corrected chi connectivity index (χ0v) is 13.9. The minimum Gasteiger partial charge on any atom is -0.389 e. The number of hydrogen-bond donors (Lipinski definition) is 2. The van der Waals surface area contributed by atoms with E-state index in [1.807, 2.05) is 12.4 Å². The second-order valence-electron chi connectivity index (χ2n) is 5.51. The summed E-state index contributed by atoms with van der Waals surface area (Å²) in [4.78, 5) is 5.48. The molecule has 20 heavy (non-hydrogen) atoms. The van der Waals surface area contributed by atoms with Crippen LogP contribution in [0.25, 0.3) is 0 Å². The maximum absolute atomic E-state index is 9.89. The lowest BCUT2D eigenvalue weighted by atomic mass is 10.0. The summed E-state index contributed by atoms with van der Waals surface area (Å²) in [6.07, 6.45) is 1.52. The van der Waals surface area contributed by atoms with Crippen LogP contribution in [0.4, 0.5) is 0 Å². The molecule has 4 nitrogen and oxygen atoms in total. The van der Waals surface area contributed by atoms with Crippen molar-refractivity contribution in [2.75, 3.05) is 19.8 Å². The van der Waals surface area contributed by atoms with Crippen LogP contribution in [-0.2, 0) is 11.2 Å². The lowest BCUT2D eigenvalue weighted by Crippen LogP contribution is -2.40. The lowest BCUT2D eigenvalue weighted by molar-refractivity contribution is 0.0362. The molecule has 2 unspecified atom stereocenters. The number of aliphatic hydroxyl groups excluding tert-OH is 1. The minimum absolute atomic E-state index is 0.388. The molecule has 0 bridgehead atoms. The topological polar surface area (TPSA) is 54.4 Å². The van der Waals surface area contributed by atoms with Crippen LogP contribution in [0.3, 0.4) is 0 Å². The Morgan fingerprint density at radius 3 is 2.75 bits per heavy atom. The second kappa shape index (κ2) is 9.45. The van der Waals surface area contributed by atoms with Gasteiger partial charge in [-0.05, 0) is 19.3 Å². The van der Waals surface area contributed by atoms with E-state index >= 15 is 0 Å². The first-order chi connectivity index (χ1) is 9.54. The van der Waals surface area contributed by atoms with E-state index < -0.39 is 6.10 Å². The third-order valence-electron chi connectivity index (χ3n) is 3.49. The average Bonchev–Trinajstić information content (AvgIpc) is 2.80. The number of nitrogens with zero attached hydrogens (tertiary/aromatic N) is 1. The molecule has 0 aliphatic rings. The highest BCUT2D eigenvalue weighted by molar-refractivity contribution is 7.09. The first-order valence-electron chi connectivity index (χ1n) is 7.42. The number of hydrogen-bond acceptors (Lipinski definition) is 5. The van der Waals surface area contributed by atoms with E-state index in [4.69, 9.17) is 4.74 Å². The monoisotopic (exact) mass is 300 g/mol. The normalized spacial score (nSPS) is 14.7. The Morgan fingerprint density at radius 1 is 1.45 bits per heavy atom. The molecule has 0 amide bonds. The third kappa shape index (κ3) is 6.31. The fourth-order valence-corrected chi connectivity index (χ4v) is 2.91. The molecule has 0 aliphatic carbocycles. The molecule has 0 spiro atoms. The van der Waals surface area contributed by atoms with Crippen molar-refractivity contribution in [3.63, 3.8) is 0 Å². The summed E-state index contributed by atoms with van der Waals surface area (Å²) < 4.78 is 5.54. The summed E-state index contributed by atoms with van der Waals surface area (Å²) >= 11 is 1.66. The molecule has 2 N–H and O–H groups in total. The van der Waals surface area contributed by atoms with E-state index in [2.05, 4.69) is 31.1 Å². The summed E-state index contributed by atoms with van der Waals surface area (Å²) in [5, 5.41) is 13.3. The second-order valence-corrected chi connectivity index (χ2v) is 6.45. The minimum atomic E-state index is -0.439. The number of aryl methyl sites for hydroxylation is 1. The quantitative estimate of drug-likeness (QED) is 0.652. The van der Waals surface area contributed by atoms with Gasteiger partial charge in [-0.15, -0.1) is 11.3 Å². The zero-order valence-electron chi connectivity index (χ0n) is 13.1. The Hall–Kier alpha value is -0.490. The van der Waals surface area contributed by atoms with Crippen molar-refractivity contribution in [3.8, 4) is 0 Å². The number of ether oxygens (including phenoxy) is 1. The van der Waals surface area contributed by atoms with E-state index in [0.717, 1.165) is 18.5 Å². The first kappa shape index (κ1) is 17.6. The van der Waals surface area contributed by atoms with Gasteiger partial charge in [0.1, 0.15) is 0 Å². The van der Waals surface area contributed by atoms with E-state index in [-0.39, 0.29) is 0 Å². The number of aromatic nitrogens is 1. The molecular formula is C15H28N2O2S. The van der Waals surface area contributed by atoms with Crippen LogP contribution in [0.15, 0.2) is 5.51 Å². The van der Waals surface area contributed by atoms with Gasteiger partial charge >= 0.3 is 0 Å². The largest absolute Gasteiger partial charge is 0.389 e. The molecule has 1 heterocycles. The smallest absolute Gasteiger partial charge is 0.0897 e. The Balaban J connectivity index is 2.11. The van der Waals surface area contributed by atoms with Crippen LogP contribution in [-0.4, -0.2) is 42.0 Å². The molecule has 0 aliphatic heterocycles. The molecule has 5 heteroatoms. The van der Waals surface area contributed by atoms with Crippen molar-refractivity contribution in [1.82, 2.24) is 10.3 Å². The summed E-state index contributed by atoms with van der Waals surface area (Å²) in [5.41, 5.74) is 2.95. The zero-order chi connectivity index (χ0) is 15.0. The predicted octanol–water partition coefficient (Wildman–Crippen LogP) is 2.40. The number of rotatable bonds is 10. The summed E-state index contributed by atoms with van der Waals surface area (Å²) in [5.74, 6) is 0.586. The van der Waals surface area contributed by atoms with Crippen molar-refractivity contribution in [2.45, 2.75) is 52.7 Å². The van der Waals surface area contributed by atoms with Gasteiger partial charge < -0.3 is 15.2 Å². The van der Waals surface area contributed by atoms with E-state index in [1.54, 1.807) is 11.3 Å². The molecule has 0 radical (unpaired) electrons. The molecule has 1 aromatic heterocycles. The summed E-state index contributed by atoms with van der Waals surface area (Å²) in [6, 6.07) is 0.462. The average molecular weight is 300 g/mol. The van der Waals surface area contributed by atoms with Crippen molar-refractivity contribution in [2.24, 2.45) is 5.92 Å². The van der Waals surface area contributed by atoms with Gasteiger partial charge in [-0.1, -0.05) is 20.8 Å². The van der Waals surface area contributed by atoms with E-state index in [0.29, 0.717) is 31.7 Å². The Kier molecular flexibility index (Phi) is 8.30. The Bertz CT molecular complexity index is 369. The fourth-order valence-electron chi connectivity index (χ4n) is 2.15.